The van der Waals surface area contributed by atoms with Crippen molar-refractivity contribution >= 4 is 22.9 Å². The lowest BCUT2D eigenvalue weighted by Gasteiger charge is -2.14. The Morgan fingerprint density at radius 2 is 1.92 bits per heavy atom. The smallest absolute Gasteiger partial charge is 0.140 e. The molecular weight excluding hydrogens is 318 g/mol. The Bertz CT molecular complexity index is 801. The number of para-hydroxylation sites is 1. The molecule has 4 nitrogen and oxygen atoms in total. The van der Waals surface area contributed by atoms with E-state index in [9.17, 15) is 0 Å². The highest BCUT2D eigenvalue weighted by atomic mass is 32.1. The third-order valence-corrected chi connectivity index (χ3v) is 4.32. The van der Waals surface area contributed by atoms with Crippen molar-refractivity contribution in [3.63, 3.8) is 0 Å². The van der Waals surface area contributed by atoms with Crippen LogP contribution in [0.1, 0.15) is 10.4 Å². The van der Waals surface area contributed by atoms with Crippen LogP contribution >= 0.6 is 11.3 Å². The lowest BCUT2D eigenvalue weighted by Crippen LogP contribution is -2.12. The van der Waals surface area contributed by atoms with Crippen LogP contribution in [0.15, 0.2) is 66.0 Å². The predicted octanol–water partition coefficient (Wildman–Crippen LogP) is 4.70. The Labute approximate surface area is 145 Å². The van der Waals surface area contributed by atoms with Gasteiger partial charge in [0.15, 0.2) is 0 Å². The number of ether oxygens (including phenoxy) is 1. The zero-order valence-corrected chi connectivity index (χ0v) is 14.2. The van der Waals surface area contributed by atoms with Gasteiger partial charge < -0.3 is 15.4 Å². The van der Waals surface area contributed by atoms with Crippen molar-refractivity contribution in [2.45, 2.75) is 6.54 Å². The van der Waals surface area contributed by atoms with Crippen LogP contribution in [-0.2, 0) is 6.54 Å². The fraction of sp³-hybridized carbons (Fsp3) is 0.105. The van der Waals surface area contributed by atoms with Gasteiger partial charge in [0.1, 0.15) is 17.3 Å². The number of hydrogen-bond donors (Lipinski definition) is 3. The monoisotopic (exact) mass is 337 g/mol. The number of thiophene rings is 1. The summed E-state index contributed by atoms with van der Waals surface area (Å²) in [5.74, 6) is 2.02. The minimum atomic E-state index is 0.400. The first-order valence-electron chi connectivity index (χ1n) is 7.66. The summed E-state index contributed by atoms with van der Waals surface area (Å²) >= 11 is 1.55. The summed E-state index contributed by atoms with van der Waals surface area (Å²) in [4.78, 5) is 0.912. The number of hydrogen-bond acceptors (Lipinski definition) is 4. The molecule has 0 atom stereocenters. The largest absolute Gasteiger partial charge is 0.457 e. The second-order valence-electron chi connectivity index (χ2n) is 5.25. The third kappa shape index (κ3) is 4.01. The van der Waals surface area contributed by atoms with Gasteiger partial charge in [-0.3, -0.25) is 5.41 Å². The lowest BCUT2D eigenvalue weighted by atomic mass is 10.1. The van der Waals surface area contributed by atoms with Gasteiger partial charge in [-0.2, -0.15) is 0 Å². The Kier molecular flexibility index (Phi) is 5.25. The van der Waals surface area contributed by atoms with Gasteiger partial charge >= 0.3 is 0 Å². The first-order valence-corrected chi connectivity index (χ1v) is 8.54. The second kappa shape index (κ2) is 7.77. The standard InChI is InChI=1S/C19H19N3OS/c1-21-13-14-12-15(22-19(20)18-8-5-11-24-18)9-10-17(14)23-16-6-3-2-4-7-16/h2-12,21H,13H2,1H3,(H2,20,22). The molecule has 0 fully saturated rings. The molecule has 0 aliphatic rings. The predicted molar refractivity (Wildman–Crippen MR) is 100 cm³/mol. The van der Waals surface area contributed by atoms with Crippen molar-refractivity contribution < 1.29 is 4.74 Å². The lowest BCUT2D eigenvalue weighted by molar-refractivity contribution is 0.474. The quantitative estimate of drug-likeness (QED) is 0.451. The molecule has 0 unspecified atom stereocenters. The molecule has 0 spiro atoms. The van der Waals surface area contributed by atoms with E-state index in [1.807, 2.05) is 73.1 Å². The molecule has 5 heteroatoms. The van der Waals surface area contributed by atoms with Gasteiger partial charge in [0.25, 0.3) is 0 Å². The Morgan fingerprint density at radius 1 is 1.08 bits per heavy atom. The van der Waals surface area contributed by atoms with Crippen molar-refractivity contribution in [3.05, 3.63) is 76.5 Å². The molecule has 2 aromatic carbocycles. The van der Waals surface area contributed by atoms with E-state index in [1.54, 1.807) is 11.3 Å². The molecule has 1 aromatic heterocycles. The second-order valence-corrected chi connectivity index (χ2v) is 6.19. The van der Waals surface area contributed by atoms with Crippen LogP contribution in [0.25, 0.3) is 0 Å². The number of rotatable bonds is 6. The number of amidine groups is 1. The molecule has 3 aromatic rings. The minimum absolute atomic E-state index is 0.400. The van der Waals surface area contributed by atoms with E-state index in [1.165, 1.54) is 0 Å². The van der Waals surface area contributed by atoms with Gasteiger partial charge in [-0.25, -0.2) is 0 Å². The molecule has 0 bridgehead atoms. The number of anilines is 1. The molecule has 3 rings (SSSR count). The Hall–Kier alpha value is -2.63. The SMILES string of the molecule is CNCc1cc(NC(=N)c2cccs2)ccc1Oc1ccccc1. The Balaban J connectivity index is 1.80. The van der Waals surface area contributed by atoms with Gasteiger partial charge in [-0.05, 0) is 48.8 Å². The molecule has 122 valence electrons. The fourth-order valence-electron chi connectivity index (χ4n) is 2.33. The molecule has 1 heterocycles. The van der Waals surface area contributed by atoms with Crippen molar-refractivity contribution in [2.24, 2.45) is 0 Å². The average Bonchev–Trinajstić information content (AvgIpc) is 3.13. The first-order chi connectivity index (χ1) is 11.8. The third-order valence-electron chi connectivity index (χ3n) is 3.44. The molecule has 0 amide bonds. The van der Waals surface area contributed by atoms with Crippen LogP contribution in [0, 0.1) is 5.41 Å². The van der Waals surface area contributed by atoms with Gasteiger partial charge in [0.2, 0.25) is 0 Å². The highest BCUT2D eigenvalue weighted by molar-refractivity contribution is 7.12. The zero-order chi connectivity index (χ0) is 16.8. The van der Waals surface area contributed by atoms with Crippen molar-refractivity contribution in [2.75, 3.05) is 12.4 Å². The highest BCUT2D eigenvalue weighted by Gasteiger charge is 2.08. The molecule has 0 aliphatic carbocycles. The van der Waals surface area contributed by atoms with Gasteiger partial charge in [0.05, 0.1) is 4.88 Å². The van der Waals surface area contributed by atoms with Gasteiger partial charge in [-0.1, -0.05) is 24.3 Å². The van der Waals surface area contributed by atoms with E-state index in [0.29, 0.717) is 12.4 Å². The molecule has 3 N–H and O–H groups in total. The van der Waals surface area contributed by atoms with E-state index in [-0.39, 0.29) is 0 Å². The molecule has 0 aliphatic heterocycles. The topological polar surface area (TPSA) is 57.1 Å². The van der Waals surface area contributed by atoms with Crippen molar-refractivity contribution in [1.29, 1.82) is 5.41 Å². The summed E-state index contributed by atoms with van der Waals surface area (Å²) in [6.07, 6.45) is 0. The summed E-state index contributed by atoms with van der Waals surface area (Å²) in [5, 5.41) is 16.4. The van der Waals surface area contributed by atoms with E-state index < -0.39 is 0 Å². The molecule has 0 saturated heterocycles. The summed E-state index contributed by atoms with van der Waals surface area (Å²) in [6.45, 7) is 0.685. The molecular formula is C19H19N3OS. The van der Waals surface area contributed by atoms with Crippen LogP contribution in [0.3, 0.4) is 0 Å². The number of nitrogens with one attached hydrogen (secondary N) is 3. The van der Waals surface area contributed by atoms with Crippen LogP contribution in [0.4, 0.5) is 5.69 Å². The van der Waals surface area contributed by atoms with E-state index in [4.69, 9.17) is 10.1 Å². The average molecular weight is 337 g/mol. The van der Waals surface area contributed by atoms with E-state index in [0.717, 1.165) is 27.6 Å². The van der Waals surface area contributed by atoms with Gasteiger partial charge in [0, 0.05) is 17.8 Å². The summed E-state index contributed by atoms with van der Waals surface area (Å²) in [5.41, 5.74) is 1.91. The first kappa shape index (κ1) is 16.2. The maximum atomic E-state index is 8.14. The maximum Gasteiger partial charge on any atom is 0.140 e. The summed E-state index contributed by atoms with van der Waals surface area (Å²) in [7, 11) is 1.90. The zero-order valence-electron chi connectivity index (χ0n) is 13.4. The van der Waals surface area contributed by atoms with E-state index in [2.05, 4.69) is 10.6 Å². The van der Waals surface area contributed by atoms with E-state index >= 15 is 0 Å². The minimum Gasteiger partial charge on any atom is -0.457 e. The van der Waals surface area contributed by atoms with Crippen molar-refractivity contribution in [1.82, 2.24) is 5.32 Å². The van der Waals surface area contributed by atoms with Crippen LogP contribution < -0.4 is 15.4 Å². The number of benzene rings is 2. The molecule has 24 heavy (non-hydrogen) atoms. The van der Waals surface area contributed by atoms with Crippen LogP contribution in [0.2, 0.25) is 0 Å². The van der Waals surface area contributed by atoms with Crippen molar-refractivity contribution in [3.8, 4) is 11.5 Å². The normalized spacial score (nSPS) is 10.4. The van der Waals surface area contributed by atoms with Crippen LogP contribution in [0.5, 0.6) is 11.5 Å². The fourth-order valence-corrected chi connectivity index (χ4v) is 2.96. The Morgan fingerprint density at radius 3 is 2.62 bits per heavy atom. The van der Waals surface area contributed by atoms with Gasteiger partial charge in [-0.15, -0.1) is 11.3 Å². The molecule has 0 radical (unpaired) electrons. The maximum absolute atomic E-state index is 8.14. The van der Waals surface area contributed by atoms with Crippen LogP contribution in [-0.4, -0.2) is 12.9 Å². The molecule has 0 saturated carbocycles. The highest BCUT2D eigenvalue weighted by Crippen LogP contribution is 2.28. The summed E-state index contributed by atoms with van der Waals surface area (Å²) < 4.78 is 5.97. The summed E-state index contributed by atoms with van der Waals surface area (Å²) in [6, 6.07) is 19.5.